The lowest BCUT2D eigenvalue weighted by atomic mass is 9.96. The van der Waals surface area contributed by atoms with Crippen LogP contribution in [-0.2, 0) is 4.79 Å². The van der Waals surface area contributed by atoms with E-state index in [9.17, 15) is 4.79 Å². The fraction of sp³-hybridized carbons (Fsp3) is 0.375. The summed E-state index contributed by atoms with van der Waals surface area (Å²) >= 11 is 1.61. The summed E-state index contributed by atoms with van der Waals surface area (Å²) in [5.41, 5.74) is 7.87. The summed E-state index contributed by atoms with van der Waals surface area (Å²) in [4.78, 5) is 16.7. The van der Waals surface area contributed by atoms with Crippen LogP contribution < -0.4 is 11.1 Å². The van der Waals surface area contributed by atoms with Gasteiger partial charge in [-0.3, -0.25) is 4.79 Å². The number of nitrogens with one attached hydrogen (secondary N) is 1. The standard InChI is InChI=1S/C16H21N3OS/c1-4-8-16(3,17)15(20)19-13-7-5-6-12(9-13)14-10-21-11(2)18-14/h5-7,9-10H,4,8,17H2,1-3H3,(H,19,20). The van der Waals surface area contributed by atoms with Crippen LogP contribution in [0, 0.1) is 6.92 Å². The SMILES string of the molecule is CCCC(C)(N)C(=O)Nc1cccc(-c2csc(C)n2)c1. The van der Waals surface area contributed by atoms with E-state index in [1.165, 1.54) is 0 Å². The van der Waals surface area contributed by atoms with Crippen LogP contribution in [0.4, 0.5) is 5.69 Å². The minimum absolute atomic E-state index is 0.157. The van der Waals surface area contributed by atoms with Crippen molar-refractivity contribution in [1.82, 2.24) is 4.98 Å². The van der Waals surface area contributed by atoms with Crippen LogP contribution in [0.25, 0.3) is 11.3 Å². The second-order valence-corrected chi connectivity index (χ2v) is 6.52. The first-order chi connectivity index (χ1) is 9.92. The number of carbonyl (C=O) groups is 1. The molecule has 5 heteroatoms. The highest BCUT2D eigenvalue weighted by Crippen LogP contribution is 2.24. The Morgan fingerprint density at radius 1 is 1.48 bits per heavy atom. The molecular weight excluding hydrogens is 282 g/mol. The lowest BCUT2D eigenvalue weighted by Gasteiger charge is -2.22. The van der Waals surface area contributed by atoms with Crippen LogP contribution in [0.15, 0.2) is 29.6 Å². The first-order valence-corrected chi connectivity index (χ1v) is 7.93. The number of benzene rings is 1. The molecule has 1 aromatic heterocycles. The zero-order valence-electron chi connectivity index (χ0n) is 12.6. The number of aromatic nitrogens is 1. The van der Waals surface area contributed by atoms with Gasteiger partial charge in [-0.05, 0) is 32.4 Å². The van der Waals surface area contributed by atoms with Gasteiger partial charge in [0.2, 0.25) is 5.91 Å². The number of aryl methyl sites for hydroxylation is 1. The molecule has 21 heavy (non-hydrogen) atoms. The van der Waals surface area contributed by atoms with Gasteiger partial charge in [-0.25, -0.2) is 4.98 Å². The molecule has 0 fully saturated rings. The fourth-order valence-electron chi connectivity index (χ4n) is 2.16. The first kappa shape index (κ1) is 15.7. The minimum Gasteiger partial charge on any atom is -0.324 e. The van der Waals surface area contributed by atoms with Crippen molar-refractivity contribution in [1.29, 1.82) is 0 Å². The van der Waals surface area contributed by atoms with E-state index in [1.54, 1.807) is 18.3 Å². The van der Waals surface area contributed by atoms with E-state index in [0.717, 1.165) is 28.4 Å². The molecule has 0 saturated carbocycles. The van der Waals surface area contributed by atoms with Gasteiger partial charge in [-0.1, -0.05) is 25.5 Å². The van der Waals surface area contributed by atoms with E-state index in [1.807, 2.05) is 43.5 Å². The van der Waals surface area contributed by atoms with Crippen molar-refractivity contribution >= 4 is 22.9 Å². The molecule has 0 aliphatic heterocycles. The second-order valence-electron chi connectivity index (χ2n) is 5.45. The van der Waals surface area contributed by atoms with Gasteiger partial charge in [0.05, 0.1) is 16.2 Å². The van der Waals surface area contributed by atoms with Gasteiger partial charge in [-0.15, -0.1) is 11.3 Å². The molecule has 0 aliphatic carbocycles. The molecule has 1 atom stereocenters. The van der Waals surface area contributed by atoms with E-state index in [2.05, 4.69) is 10.3 Å². The van der Waals surface area contributed by atoms with Crippen LogP contribution in [0.1, 0.15) is 31.7 Å². The van der Waals surface area contributed by atoms with Crippen LogP contribution in [0.2, 0.25) is 0 Å². The zero-order chi connectivity index (χ0) is 15.5. The number of hydrogen-bond acceptors (Lipinski definition) is 4. The quantitative estimate of drug-likeness (QED) is 0.887. The average molecular weight is 303 g/mol. The zero-order valence-corrected chi connectivity index (χ0v) is 13.5. The largest absolute Gasteiger partial charge is 0.324 e. The lowest BCUT2D eigenvalue weighted by Crippen LogP contribution is -2.48. The van der Waals surface area contributed by atoms with Gasteiger partial charge in [0.1, 0.15) is 0 Å². The lowest BCUT2D eigenvalue weighted by molar-refractivity contribution is -0.120. The number of amides is 1. The van der Waals surface area contributed by atoms with Crippen molar-refractivity contribution in [2.75, 3.05) is 5.32 Å². The molecule has 4 nitrogen and oxygen atoms in total. The highest BCUT2D eigenvalue weighted by molar-refractivity contribution is 7.09. The third-order valence-electron chi connectivity index (χ3n) is 3.32. The Labute approximate surface area is 129 Å². The maximum absolute atomic E-state index is 12.2. The van der Waals surface area contributed by atoms with Crippen LogP contribution in [0.5, 0.6) is 0 Å². The van der Waals surface area contributed by atoms with Gasteiger partial charge in [0, 0.05) is 16.6 Å². The average Bonchev–Trinajstić information content (AvgIpc) is 2.86. The Hall–Kier alpha value is -1.72. The Bertz CT molecular complexity index is 634. The Morgan fingerprint density at radius 3 is 2.86 bits per heavy atom. The summed E-state index contributed by atoms with van der Waals surface area (Å²) in [6, 6.07) is 7.68. The van der Waals surface area contributed by atoms with Crippen molar-refractivity contribution in [2.24, 2.45) is 5.73 Å². The monoisotopic (exact) mass is 303 g/mol. The molecule has 0 aliphatic rings. The van der Waals surface area contributed by atoms with Gasteiger partial charge in [-0.2, -0.15) is 0 Å². The predicted molar refractivity (Wildman–Crippen MR) is 88.4 cm³/mol. The molecule has 0 bridgehead atoms. The highest BCUT2D eigenvalue weighted by atomic mass is 32.1. The molecule has 1 amide bonds. The molecule has 1 heterocycles. The first-order valence-electron chi connectivity index (χ1n) is 7.05. The van der Waals surface area contributed by atoms with E-state index in [4.69, 9.17) is 5.73 Å². The molecule has 1 unspecified atom stereocenters. The third kappa shape index (κ3) is 3.89. The highest BCUT2D eigenvalue weighted by Gasteiger charge is 2.27. The van der Waals surface area contributed by atoms with E-state index >= 15 is 0 Å². The fourth-order valence-corrected chi connectivity index (χ4v) is 2.78. The number of thiazole rings is 1. The number of nitrogens with zero attached hydrogens (tertiary/aromatic N) is 1. The number of rotatable bonds is 5. The molecule has 2 aromatic rings. The Kier molecular flexibility index (Phi) is 4.75. The topological polar surface area (TPSA) is 68.0 Å². The molecule has 0 spiro atoms. The maximum atomic E-state index is 12.2. The van der Waals surface area contributed by atoms with Crippen molar-refractivity contribution < 1.29 is 4.79 Å². The Morgan fingerprint density at radius 2 is 2.24 bits per heavy atom. The number of hydrogen-bond donors (Lipinski definition) is 2. The molecule has 2 rings (SSSR count). The number of carbonyl (C=O) groups excluding carboxylic acids is 1. The summed E-state index contributed by atoms with van der Waals surface area (Å²) in [7, 11) is 0. The van der Waals surface area contributed by atoms with E-state index in [0.29, 0.717) is 6.42 Å². The van der Waals surface area contributed by atoms with E-state index < -0.39 is 5.54 Å². The Balaban J connectivity index is 2.17. The number of anilines is 1. The molecule has 3 N–H and O–H groups in total. The summed E-state index contributed by atoms with van der Waals surface area (Å²) in [5.74, 6) is -0.157. The summed E-state index contributed by atoms with van der Waals surface area (Å²) in [6.45, 7) is 5.76. The molecule has 0 saturated heterocycles. The normalized spacial score (nSPS) is 13.7. The summed E-state index contributed by atoms with van der Waals surface area (Å²) in [6.07, 6.45) is 1.53. The maximum Gasteiger partial charge on any atom is 0.244 e. The van der Waals surface area contributed by atoms with Gasteiger partial charge in [0.15, 0.2) is 0 Å². The van der Waals surface area contributed by atoms with Gasteiger partial charge in [0.25, 0.3) is 0 Å². The van der Waals surface area contributed by atoms with Crippen LogP contribution >= 0.6 is 11.3 Å². The van der Waals surface area contributed by atoms with Crippen molar-refractivity contribution in [2.45, 2.75) is 39.2 Å². The molecule has 1 aromatic carbocycles. The molecule has 112 valence electrons. The second kappa shape index (κ2) is 6.37. The molecule has 0 radical (unpaired) electrons. The van der Waals surface area contributed by atoms with Gasteiger partial charge >= 0.3 is 0 Å². The van der Waals surface area contributed by atoms with Gasteiger partial charge < -0.3 is 11.1 Å². The summed E-state index contributed by atoms with van der Waals surface area (Å²) < 4.78 is 0. The van der Waals surface area contributed by atoms with Crippen molar-refractivity contribution in [3.8, 4) is 11.3 Å². The summed E-state index contributed by atoms with van der Waals surface area (Å²) in [5, 5.41) is 5.93. The van der Waals surface area contributed by atoms with Crippen molar-refractivity contribution in [3.05, 3.63) is 34.7 Å². The molecular formula is C16H21N3OS. The van der Waals surface area contributed by atoms with E-state index in [-0.39, 0.29) is 5.91 Å². The van der Waals surface area contributed by atoms with Crippen molar-refractivity contribution in [3.63, 3.8) is 0 Å². The van der Waals surface area contributed by atoms with Crippen LogP contribution in [0.3, 0.4) is 0 Å². The smallest absolute Gasteiger partial charge is 0.244 e. The van der Waals surface area contributed by atoms with Crippen LogP contribution in [-0.4, -0.2) is 16.4 Å². The number of nitrogens with two attached hydrogens (primary N) is 1. The minimum atomic E-state index is -0.845. The third-order valence-corrected chi connectivity index (χ3v) is 4.10. The predicted octanol–water partition coefficient (Wildman–Crippen LogP) is 3.57.